The number of rotatable bonds is 1. The van der Waals surface area contributed by atoms with Gasteiger partial charge in [0.05, 0.1) is 18.7 Å². The van der Waals surface area contributed by atoms with Gasteiger partial charge in [-0.2, -0.15) is 5.26 Å². The number of anilines is 1. The summed E-state index contributed by atoms with van der Waals surface area (Å²) in [4.78, 5) is 28.9. The zero-order valence-electron chi connectivity index (χ0n) is 10.3. The number of hydrogen-bond donors (Lipinski definition) is 1. The molecule has 96 valence electrons. The molecule has 6 nitrogen and oxygen atoms in total. The summed E-state index contributed by atoms with van der Waals surface area (Å²) in [5.41, 5.74) is 2.52. The second kappa shape index (κ2) is 4.35. The van der Waals surface area contributed by atoms with Gasteiger partial charge in [0.25, 0.3) is 0 Å². The van der Waals surface area contributed by atoms with Crippen LogP contribution in [0.3, 0.4) is 0 Å². The van der Waals surface area contributed by atoms with E-state index in [0.717, 1.165) is 30.5 Å². The lowest BCUT2D eigenvalue weighted by Crippen LogP contribution is -2.52. The maximum atomic E-state index is 11.4. The molecule has 1 saturated heterocycles. The van der Waals surface area contributed by atoms with Crippen LogP contribution in [-0.4, -0.2) is 29.9 Å². The van der Waals surface area contributed by atoms with E-state index in [1.807, 2.05) is 6.07 Å². The normalized spacial score (nSPS) is 17.9. The molecule has 3 rings (SSSR count). The quantitative estimate of drug-likeness (QED) is 0.709. The Kier molecular flexibility index (Phi) is 2.67. The number of amides is 2. The van der Waals surface area contributed by atoms with Gasteiger partial charge in [0.1, 0.15) is 11.9 Å². The Balaban J connectivity index is 2.02. The smallest absolute Gasteiger partial charge is 0.246 e. The molecule has 0 spiro atoms. The van der Waals surface area contributed by atoms with Crippen molar-refractivity contribution in [2.24, 2.45) is 0 Å². The minimum Gasteiger partial charge on any atom is -0.337 e. The minimum absolute atomic E-state index is 0.0617. The molecule has 1 aliphatic carbocycles. The summed E-state index contributed by atoms with van der Waals surface area (Å²) >= 11 is 0. The predicted molar refractivity (Wildman–Crippen MR) is 66.3 cm³/mol. The summed E-state index contributed by atoms with van der Waals surface area (Å²) in [5, 5.41) is 11.4. The van der Waals surface area contributed by atoms with Crippen molar-refractivity contribution in [3.8, 4) is 6.07 Å². The van der Waals surface area contributed by atoms with E-state index in [9.17, 15) is 14.9 Å². The van der Waals surface area contributed by atoms with Crippen molar-refractivity contribution in [1.82, 2.24) is 10.3 Å². The zero-order valence-corrected chi connectivity index (χ0v) is 10.3. The van der Waals surface area contributed by atoms with E-state index in [2.05, 4.69) is 16.4 Å². The van der Waals surface area contributed by atoms with Gasteiger partial charge >= 0.3 is 0 Å². The molecule has 1 aliphatic heterocycles. The molecule has 1 aromatic rings. The number of aryl methyl sites for hydroxylation is 2. The molecule has 0 bridgehead atoms. The largest absolute Gasteiger partial charge is 0.337 e. The molecule has 2 heterocycles. The summed E-state index contributed by atoms with van der Waals surface area (Å²) in [5.74, 6) is -0.267. The van der Waals surface area contributed by atoms with E-state index in [1.54, 1.807) is 4.90 Å². The lowest BCUT2D eigenvalue weighted by Gasteiger charge is -2.27. The fourth-order valence-electron chi connectivity index (χ4n) is 2.57. The number of imide groups is 1. The molecule has 1 N–H and O–H groups in total. The minimum atomic E-state index is -0.359. The average Bonchev–Trinajstić information content (AvgIpc) is 2.83. The monoisotopic (exact) mass is 256 g/mol. The van der Waals surface area contributed by atoms with Crippen molar-refractivity contribution >= 4 is 17.6 Å². The van der Waals surface area contributed by atoms with Crippen molar-refractivity contribution in [2.45, 2.75) is 19.3 Å². The summed E-state index contributed by atoms with van der Waals surface area (Å²) in [6.07, 6.45) is 2.87. The van der Waals surface area contributed by atoms with E-state index in [0.29, 0.717) is 11.4 Å². The van der Waals surface area contributed by atoms with Gasteiger partial charge in [0.2, 0.25) is 11.8 Å². The topological polar surface area (TPSA) is 86.1 Å². The van der Waals surface area contributed by atoms with Crippen LogP contribution in [0.25, 0.3) is 0 Å². The number of pyridine rings is 1. The molecule has 1 aromatic heterocycles. The highest BCUT2D eigenvalue weighted by atomic mass is 16.2. The number of carbonyl (C=O) groups is 2. The fraction of sp³-hybridized carbons (Fsp3) is 0.385. The third kappa shape index (κ3) is 2.03. The Hall–Kier alpha value is -2.42. The van der Waals surface area contributed by atoms with Gasteiger partial charge < -0.3 is 4.90 Å². The number of fused-ring (bicyclic) bond motifs is 1. The third-order valence-corrected chi connectivity index (χ3v) is 3.40. The Labute approximate surface area is 110 Å². The number of piperazine rings is 1. The van der Waals surface area contributed by atoms with Crippen LogP contribution in [0.4, 0.5) is 5.82 Å². The van der Waals surface area contributed by atoms with Crippen molar-refractivity contribution < 1.29 is 9.59 Å². The molecule has 0 unspecified atom stereocenters. The predicted octanol–water partition coefficient (Wildman–Crippen LogP) is -0.0952. The lowest BCUT2D eigenvalue weighted by molar-refractivity contribution is -0.130. The molecule has 0 radical (unpaired) electrons. The molecule has 0 atom stereocenters. The molecule has 6 heteroatoms. The molecule has 19 heavy (non-hydrogen) atoms. The molecule has 2 amide bonds. The van der Waals surface area contributed by atoms with Crippen LogP contribution < -0.4 is 10.2 Å². The SMILES string of the molecule is N#Cc1cc2c(nc1N1CC(=O)NC(=O)C1)CCC2. The number of hydrogen-bond acceptors (Lipinski definition) is 5. The Morgan fingerprint density at radius 1 is 1.26 bits per heavy atom. The Bertz CT molecular complexity index is 602. The molecular formula is C13H12N4O2. The number of aromatic nitrogens is 1. The van der Waals surface area contributed by atoms with Gasteiger partial charge in [-0.15, -0.1) is 0 Å². The maximum Gasteiger partial charge on any atom is 0.246 e. The molecule has 0 saturated carbocycles. The molecule has 2 aliphatic rings. The first-order chi connectivity index (χ1) is 9.17. The Morgan fingerprint density at radius 2 is 2.00 bits per heavy atom. The highest BCUT2D eigenvalue weighted by Crippen LogP contribution is 2.27. The zero-order chi connectivity index (χ0) is 13.4. The number of nitrogens with one attached hydrogen (secondary N) is 1. The summed E-state index contributed by atoms with van der Waals surface area (Å²) in [6.45, 7) is 0.123. The highest BCUT2D eigenvalue weighted by molar-refractivity contribution is 6.02. The second-order valence-electron chi connectivity index (χ2n) is 4.76. The number of nitriles is 1. The van der Waals surface area contributed by atoms with Gasteiger partial charge in [-0.3, -0.25) is 14.9 Å². The van der Waals surface area contributed by atoms with Gasteiger partial charge in [-0.1, -0.05) is 0 Å². The molecular weight excluding hydrogens is 244 g/mol. The van der Waals surface area contributed by atoms with Crippen LogP contribution in [0.1, 0.15) is 23.2 Å². The van der Waals surface area contributed by atoms with Crippen LogP contribution in [0, 0.1) is 11.3 Å². The highest BCUT2D eigenvalue weighted by Gasteiger charge is 2.27. The Morgan fingerprint density at radius 3 is 2.68 bits per heavy atom. The summed E-state index contributed by atoms with van der Waals surface area (Å²) < 4.78 is 0. The van der Waals surface area contributed by atoms with E-state index in [1.165, 1.54) is 0 Å². The van der Waals surface area contributed by atoms with Crippen LogP contribution in [-0.2, 0) is 22.4 Å². The number of carbonyl (C=O) groups excluding carboxylic acids is 2. The van der Waals surface area contributed by atoms with Gasteiger partial charge in [-0.05, 0) is 30.9 Å². The van der Waals surface area contributed by atoms with Crippen molar-refractivity contribution in [2.75, 3.05) is 18.0 Å². The maximum absolute atomic E-state index is 11.4. The first-order valence-corrected chi connectivity index (χ1v) is 6.18. The van der Waals surface area contributed by atoms with Crippen molar-refractivity contribution in [3.63, 3.8) is 0 Å². The summed E-state index contributed by atoms with van der Waals surface area (Å²) in [7, 11) is 0. The van der Waals surface area contributed by atoms with E-state index >= 15 is 0 Å². The third-order valence-electron chi connectivity index (χ3n) is 3.40. The molecule has 0 aromatic carbocycles. The van der Waals surface area contributed by atoms with Crippen LogP contribution in [0.2, 0.25) is 0 Å². The van der Waals surface area contributed by atoms with Gasteiger partial charge in [-0.25, -0.2) is 4.98 Å². The second-order valence-corrected chi connectivity index (χ2v) is 4.76. The lowest BCUT2D eigenvalue weighted by atomic mass is 10.1. The van der Waals surface area contributed by atoms with Crippen molar-refractivity contribution in [3.05, 3.63) is 22.9 Å². The van der Waals surface area contributed by atoms with Gasteiger partial charge in [0, 0.05) is 5.69 Å². The van der Waals surface area contributed by atoms with E-state index in [-0.39, 0.29) is 24.9 Å². The van der Waals surface area contributed by atoms with Crippen LogP contribution in [0.15, 0.2) is 6.07 Å². The van der Waals surface area contributed by atoms with E-state index in [4.69, 9.17) is 0 Å². The average molecular weight is 256 g/mol. The first kappa shape index (κ1) is 11.7. The summed E-state index contributed by atoms with van der Waals surface area (Å²) in [6, 6.07) is 3.94. The number of nitrogens with zero attached hydrogens (tertiary/aromatic N) is 3. The first-order valence-electron chi connectivity index (χ1n) is 6.18. The van der Waals surface area contributed by atoms with Gasteiger partial charge in [0.15, 0.2) is 0 Å². The fourth-order valence-corrected chi connectivity index (χ4v) is 2.57. The van der Waals surface area contributed by atoms with Crippen LogP contribution in [0.5, 0.6) is 0 Å². The standard InChI is InChI=1S/C13H12N4O2/c14-5-9-4-8-2-1-3-10(8)15-13(9)17-6-11(18)16-12(19)7-17/h4H,1-3,6-7H2,(H,16,18,19). The van der Waals surface area contributed by atoms with E-state index < -0.39 is 0 Å². The van der Waals surface area contributed by atoms with Crippen LogP contribution >= 0.6 is 0 Å². The molecule has 1 fully saturated rings. The van der Waals surface area contributed by atoms with Crippen molar-refractivity contribution in [1.29, 1.82) is 5.26 Å².